The van der Waals surface area contributed by atoms with Gasteiger partial charge in [-0.15, -0.1) is 11.6 Å². The van der Waals surface area contributed by atoms with Gasteiger partial charge in [0.1, 0.15) is 6.04 Å². The summed E-state index contributed by atoms with van der Waals surface area (Å²) in [4.78, 5) is 16.2. The number of amides is 1. The molecule has 0 bridgehead atoms. The minimum absolute atomic E-state index is 0.101. The number of rotatable bonds is 7. The van der Waals surface area contributed by atoms with E-state index in [1.807, 2.05) is 0 Å². The lowest BCUT2D eigenvalue weighted by Gasteiger charge is -2.40. The van der Waals surface area contributed by atoms with Gasteiger partial charge in [0.2, 0.25) is 5.91 Å². The maximum absolute atomic E-state index is 13.7. The van der Waals surface area contributed by atoms with Crippen molar-refractivity contribution in [3.05, 3.63) is 0 Å². The maximum Gasteiger partial charge on any atom is 0.239 e. The van der Waals surface area contributed by atoms with Crippen molar-refractivity contribution >= 4 is 23.3 Å². The molecule has 37 heavy (non-hydrogen) atoms. The highest BCUT2D eigenvalue weighted by Crippen LogP contribution is 2.45. The van der Waals surface area contributed by atoms with Crippen molar-refractivity contribution in [2.45, 2.75) is 144 Å². The molecule has 4 aliphatic carbocycles. The fourth-order valence-corrected chi connectivity index (χ4v) is 8.70. The molecule has 0 aromatic carbocycles. The Morgan fingerprint density at radius 1 is 0.919 bits per heavy atom. The number of likely N-dealkylation sites (tertiary alicyclic amines) is 1. The van der Waals surface area contributed by atoms with Crippen molar-refractivity contribution in [1.82, 2.24) is 10.2 Å². The Hall–Kier alpha value is -0.890. The number of fused-ring (bicyclic) bond motifs is 1. The van der Waals surface area contributed by atoms with Crippen LogP contribution in [0.25, 0.3) is 0 Å². The second-order valence-electron chi connectivity index (χ2n) is 12.9. The highest BCUT2D eigenvalue weighted by Gasteiger charge is 2.53. The molecular formula is C29H50ClN5O2. The van der Waals surface area contributed by atoms with Gasteiger partial charge in [0.25, 0.3) is 0 Å². The van der Waals surface area contributed by atoms with Crippen molar-refractivity contribution in [3.8, 4) is 0 Å². The third-order valence-corrected chi connectivity index (χ3v) is 11.0. The number of carbonyl (C=O) groups is 1. The van der Waals surface area contributed by atoms with Gasteiger partial charge in [-0.25, -0.2) is 0 Å². The third-order valence-electron chi connectivity index (χ3n) is 10.4. The summed E-state index contributed by atoms with van der Waals surface area (Å²) in [5.41, 5.74) is 12.1. The molecule has 6 N–H and O–H groups in total. The van der Waals surface area contributed by atoms with Crippen LogP contribution in [0.5, 0.6) is 0 Å². The molecule has 7 nitrogen and oxygen atoms in total. The first-order valence-corrected chi connectivity index (χ1v) is 15.8. The Kier molecular flexibility index (Phi) is 9.37. The smallest absolute Gasteiger partial charge is 0.239 e. The van der Waals surface area contributed by atoms with Gasteiger partial charge in [-0.3, -0.25) is 15.1 Å². The molecule has 5 fully saturated rings. The zero-order valence-electron chi connectivity index (χ0n) is 22.6. The monoisotopic (exact) mass is 535 g/mol. The maximum atomic E-state index is 13.7. The number of alkyl halides is 1. The first-order valence-electron chi connectivity index (χ1n) is 15.3. The van der Waals surface area contributed by atoms with Gasteiger partial charge in [-0.05, 0) is 95.3 Å². The van der Waals surface area contributed by atoms with E-state index in [0.29, 0.717) is 24.0 Å². The van der Waals surface area contributed by atoms with E-state index in [-0.39, 0.29) is 47.2 Å². The fraction of sp³-hybridized carbons (Fsp3) is 0.931. The molecule has 0 radical (unpaired) electrons. The van der Waals surface area contributed by atoms with Gasteiger partial charge in [0.15, 0.2) is 0 Å². The van der Waals surface area contributed by atoms with Gasteiger partial charge in [-0.1, -0.05) is 19.3 Å². The van der Waals surface area contributed by atoms with E-state index in [1.54, 1.807) is 0 Å². The van der Waals surface area contributed by atoms with E-state index in [2.05, 4.69) is 10.2 Å². The van der Waals surface area contributed by atoms with Crippen molar-refractivity contribution in [2.75, 3.05) is 6.54 Å². The van der Waals surface area contributed by atoms with Crippen LogP contribution in [0.15, 0.2) is 0 Å². The first-order chi connectivity index (χ1) is 17.9. The first kappa shape index (κ1) is 27.7. The number of halogens is 1. The van der Waals surface area contributed by atoms with Crippen LogP contribution in [-0.2, 0) is 9.53 Å². The number of carbonyl (C=O) groups excluding carboxylic acids is 1. The molecule has 5 aliphatic rings. The van der Waals surface area contributed by atoms with E-state index in [1.165, 1.54) is 32.1 Å². The van der Waals surface area contributed by atoms with Crippen LogP contribution in [0.4, 0.5) is 0 Å². The third kappa shape index (κ3) is 6.64. The lowest BCUT2D eigenvalue weighted by atomic mass is 9.77. The number of nitrogens with two attached hydrogens (primary N) is 2. The zero-order chi connectivity index (χ0) is 25.9. The minimum atomic E-state index is -0.297. The highest BCUT2D eigenvalue weighted by atomic mass is 35.5. The van der Waals surface area contributed by atoms with Gasteiger partial charge < -0.3 is 21.5 Å². The largest absolute Gasteiger partial charge is 0.387 e. The van der Waals surface area contributed by atoms with Crippen molar-refractivity contribution in [3.63, 3.8) is 0 Å². The summed E-state index contributed by atoms with van der Waals surface area (Å²) >= 11 is 7.13. The zero-order valence-corrected chi connectivity index (χ0v) is 23.3. The molecule has 1 aliphatic heterocycles. The normalized spacial score (nSPS) is 41.7. The van der Waals surface area contributed by atoms with Crippen molar-refractivity contribution in [1.29, 1.82) is 5.41 Å². The molecule has 1 amide bonds. The van der Waals surface area contributed by atoms with Crippen LogP contribution < -0.4 is 16.8 Å². The predicted molar refractivity (Wildman–Crippen MR) is 149 cm³/mol. The van der Waals surface area contributed by atoms with Gasteiger partial charge >= 0.3 is 0 Å². The molecule has 0 aromatic heterocycles. The molecule has 0 spiro atoms. The molecule has 5 unspecified atom stereocenters. The lowest BCUT2D eigenvalue weighted by molar-refractivity contribution is -0.127. The summed E-state index contributed by atoms with van der Waals surface area (Å²) in [5, 5.41) is 11.3. The Morgan fingerprint density at radius 2 is 1.59 bits per heavy atom. The molecular weight excluding hydrogens is 486 g/mol. The van der Waals surface area contributed by atoms with E-state index in [0.717, 1.165) is 77.2 Å². The SMILES string of the molecule is N=C(N)C1CCC2C(Cl)C(C(=O)NC3CCC(N)CC3)N(CC3CCC(OC4CCCCC4)CC3)C2C1. The van der Waals surface area contributed by atoms with Gasteiger partial charge in [0.05, 0.1) is 23.4 Å². The fourth-order valence-electron chi connectivity index (χ4n) is 8.15. The Bertz CT molecular complexity index is 776. The minimum Gasteiger partial charge on any atom is -0.387 e. The molecule has 8 heteroatoms. The number of amidine groups is 1. The van der Waals surface area contributed by atoms with E-state index >= 15 is 0 Å². The Balaban J connectivity index is 1.23. The molecule has 210 valence electrons. The number of hydrogen-bond donors (Lipinski definition) is 4. The van der Waals surface area contributed by atoms with E-state index in [9.17, 15) is 4.79 Å². The number of nitrogens with zero attached hydrogens (tertiary/aromatic N) is 1. The lowest BCUT2D eigenvalue weighted by Crippen LogP contribution is -2.53. The van der Waals surface area contributed by atoms with Crippen LogP contribution in [0.3, 0.4) is 0 Å². The molecule has 1 saturated heterocycles. The standard InChI is InChI=1S/C29H50ClN5O2/c30-26-24-15-8-19(28(32)33)16-25(24)35(27(26)29(36)34-21-11-9-20(31)10-12-21)17-18-6-13-23(14-7-18)37-22-4-2-1-3-5-22/h18-27H,1-17,31H2,(H3,32,33)(H,34,36). The summed E-state index contributed by atoms with van der Waals surface area (Å²) in [5.74, 6) is 1.35. The molecule has 5 rings (SSSR count). The Morgan fingerprint density at radius 3 is 2.27 bits per heavy atom. The quantitative estimate of drug-likeness (QED) is 0.220. The van der Waals surface area contributed by atoms with Gasteiger partial charge in [-0.2, -0.15) is 0 Å². The molecule has 4 saturated carbocycles. The summed E-state index contributed by atoms with van der Waals surface area (Å²) in [6.45, 7) is 0.915. The van der Waals surface area contributed by atoms with E-state index in [4.69, 9.17) is 33.2 Å². The topological polar surface area (TPSA) is 117 Å². The van der Waals surface area contributed by atoms with Crippen LogP contribution >= 0.6 is 11.6 Å². The summed E-state index contributed by atoms with van der Waals surface area (Å²) < 4.78 is 6.50. The average molecular weight is 536 g/mol. The summed E-state index contributed by atoms with van der Waals surface area (Å²) in [7, 11) is 0. The second kappa shape index (κ2) is 12.5. The van der Waals surface area contributed by atoms with Gasteiger partial charge in [0, 0.05) is 30.6 Å². The summed E-state index contributed by atoms with van der Waals surface area (Å²) in [6.07, 6.45) is 18.5. The second-order valence-corrected chi connectivity index (χ2v) is 13.4. The number of hydrogen-bond acceptors (Lipinski definition) is 5. The molecule has 5 atom stereocenters. The number of ether oxygens (including phenoxy) is 1. The predicted octanol–water partition coefficient (Wildman–Crippen LogP) is 4.29. The highest BCUT2D eigenvalue weighted by molar-refractivity contribution is 6.23. The van der Waals surface area contributed by atoms with Crippen LogP contribution in [0, 0.1) is 23.2 Å². The van der Waals surface area contributed by atoms with Crippen LogP contribution in [0.2, 0.25) is 0 Å². The molecule has 0 aromatic rings. The van der Waals surface area contributed by atoms with E-state index < -0.39 is 0 Å². The van der Waals surface area contributed by atoms with Crippen molar-refractivity contribution < 1.29 is 9.53 Å². The van der Waals surface area contributed by atoms with Crippen LogP contribution in [-0.4, -0.2) is 64.9 Å². The number of nitrogens with one attached hydrogen (secondary N) is 2. The Labute approximate surface area is 228 Å². The average Bonchev–Trinajstić information content (AvgIpc) is 3.17. The van der Waals surface area contributed by atoms with Crippen LogP contribution in [0.1, 0.15) is 103 Å². The molecule has 1 heterocycles. The van der Waals surface area contributed by atoms with Crippen molar-refractivity contribution in [2.24, 2.45) is 29.2 Å². The summed E-state index contributed by atoms with van der Waals surface area (Å²) in [6, 6.07) is 0.407.